The van der Waals surface area contributed by atoms with E-state index in [1.807, 2.05) is 13.0 Å². The van der Waals surface area contributed by atoms with Crippen LogP contribution in [0.25, 0.3) is 0 Å². The van der Waals surface area contributed by atoms with Crippen LogP contribution in [0.3, 0.4) is 0 Å². The van der Waals surface area contributed by atoms with Gasteiger partial charge in [0.15, 0.2) is 11.4 Å². The van der Waals surface area contributed by atoms with Crippen molar-refractivity contribution in [3.05, 3.63) is 98.7 Å². The Morgan fingerprint density at radius 3 is 2.53 bits per heavy atom. The topological polar surface area (TPSA) is 107 Å². The van der Waals surface area contributed by atoms with Crippen LogP contribution >= 0.6 is 15.9 Å². The summed E-state index contributed by atoms with van der Waals surface area (Å²) in [7, 11) is 0. The highest BCUT2D eigenvalue weighted by Crippen LogP contribution is 2.50. The third-order valence-electron chi connectivity index (χ3n) is 8.52. The monoisotopic (exact) mass is 660 g/mol. The number of carbonyl (C=O) groups excluding carboxylic acids is 2. The summed E-state index contributed by atoms with van der Waals surface area (Å²) in [5.41, 5.74) is 3.80. The number of halogens is 4. The molecule has 9 nitrogen and oxygen atoms in total. The predicted molar refractivity (Wildman–Crippen MR) is 152 cm³/mol. The molecule has 6 rings (SSSR count). The van der Waals surface area contributed by atoms with Crippen LogP contribution in [0.15, 0.2) is 53.5 Å². The maximum absolute atomic E-state index is 14.6. The van der Waals surface area contributed by atoms with E-state index in [-0.39, 0.29) is 48.3 Å². The Bertz CT molecular complexity index is 1650. The molecule has 0 radical (unpaired) electrons. The van der Waals surface area contributed by atoms with Crippen LogP contribution in [0.5, 0.6) is 5.75 Å². The molecule has 1 spiro atoms. The van der Waals surface area contributed by atoms with Gasteiger partial charge in [-0.2, -0.15) is 5.06 Å². The third-order valence-corrected chi connectivity index (χ3v) is 9.30. The maximum atomic E-state index is 14.6. The molecule has 3 aromatic rings. The molecule has 1 aromatic heterocycles. The predicted octanol–water partition coefficient (Wildman–Crippen LogP) is 4.42. The van der Waals surface area contributed by atoms with Crippen LogP contribution in [0.2, 0.25) is 0 Å². The smallest absolute Gasteiger partial charge is 0.274 e. The van der Waals surface area contributed by atoms with E-state index >= 15 is 0 Å². The number of pyridine rings is 1. The molecule has 3 aliphatic rings. The standard InChI is InChI=1S/C30H28BrF3N4O5/c1-16-7-8-30(11-24(31)38(43-30)13-19-21(33)9-18(32)10-22(19)34)23-14-36(16)29(41)25-27(42-15-17-5-3-2-4-6-17)26(39)20(28(35)40)12-37(23)25/h2-6,9-10,12,16,23-24H,7-8,11,13-15H2,1H3,(H2,35,40)/t16-,23-,24-,30+/m1/s1. The van der Waals surface area contributed by atoms with E-state index in [1.165, 1.54) is 11.3 Å². The van der Waals surface area contributed by atoms with Crippen molar-refractivity contribution < 1.29 is 32.3 Å². The Labute approximate surface area is 253 Å². The van der Waals surface area contributed by atoms with E-state index in [1.54, 1.807) is 33.7 Å². The number of benzene rings is 2. The second kappa shape index (κ2) is 11.1. The van der Waals surface area contributed by atoms with Gasteiger partial charge in [0.25, 0.3) is 11.8 Å². The van der Waals surface area contributed by atoms with E-state index < -0.39 is 51.3 Å². The van der Waals surface area contributed by atoms with Gasteiger partial charge in [-0.05, 0) is 25.3 Å². The van der Waals surface area contributed by atoms with Crippen molar-refractivity contribution in [2.24, 2.45) is 5.73 Å². The van der Waals surface area contributed by atoms with Gasteiger partial charge in [0.1, 0.15) is 35.2 Å². The Morgan fingerprint density at radius 1 is 1.16 bits per heavy atom. The molecule has 2 saturated heterocycles. The van der Waals surface area contributed by atoms with Gasteiger partial charge in [-0.1, -0.05) is 46.3 Å². The Hall–Kier alpha value is -3.68. The number of carbonyl (C=O) groups is 2. The summed E-state index contributed by atoms with van der Waals surface area (Å²) in [6.45, 7) is 1.71. The van der Waals surface area contributed by atoms with E-state index in [0.29, 0.717) is 31.4 Å². The van der Waals surface area contributed by atoms with E-state index in [0.717, 1.165) is 5.56 Å². The molecule has 4 atom stereocenters. The fourth-order valence-corrected chi connectivity index (χ4v) is 7.02. The molecule has 13 heteroatoms. The minimum Gasteiger partial charge on any atom is -0.483 e. The van der Waals surface area contributed by atoms with Gasteiger partial charge >= 0.3 is 0 Å². The first-order valence-corrected chi connectivity index (χ1v) is 14.7. The number of fused-ring (bicyclic) bond motifs is 5. The molecule has 2 aromatic carbocycles. The second-order valence-electron chi connectivity index (χ2n) is 11.2. The van der Waals surface area contributed by atoms with Gasteiger partial charge in [0.2, 0.25) is 5.43 Å². The van der Waals surface area contributed by atoms with Gasteiger partial charge in [0.05, 0.1) is 17.5 Å². The molecular weight excluding hydrogens is 633 g/mol. The normalized spacial score (nSPS) is 25.1. The van der Waals surface area contributed by atoms with Crippen molar-refractivity contribution in [1.82, 2.24) is 14.5 Å². The number of aromatic nitrogens is 1. The summed E-state index contributed by atoms with van der Waals surface area (Å²) in [5.74, 6) is -4.81. The SMILES string of the molecule is C[C@@H]1CC[C@]2(C[C@H](Br)N(Cc3c(F)cc(F)cc3F)O2)[C@H]2CN1C(=O)c1c(OCc3ccccc3)c(=O)c(C(N)=O)cn12. The lowest BCUT2D eigenvalue weighted by molar-refractivity contribution is -0.220. The highest BCUT2D eigenvalue weighted by atomic mass is 79.9. The number of alkyl halides is 1. The van der Waals surface area contributed by atoms with Gasteiger partial charge in [-0.25, -0.2) is 13.2 Å². The fourth-order valence-electron chi connectivity index (χ4n) is 6.24. The molecule has 0 aliphatic carbocycles. The van der Waals surface area contributed by atoms with Gasteiger partial charge in [0, 0.05) is 42.9 Å². The molecule has 43 heavy (non-hydrogen) atoms. The summed E-state index contributed by atoms with van der Waals surface area (Å²) >= 11 is 3.58. The first-order chi connectivity index (χ1) is 20.5. The zero-order chi connectivity index (χ0) is 30.6. The van der Waals surface area contributed by atoms with E-state index in [2.05, 4.69) is 15.9 Å². The number of hydrogen-bond acceptors (Lipinski definition) is 6. The number of primary amides is 1. The van der Waals surface area contributed by atoms with Crippen LogP contribution < -0.4 is 15.9 Å². The van der Waals surface area contributed by atoms with Crippen LogP contribution in [0.4, 0.5) is 13.2 Å². The fraction of sp³-hybridized carbons (Fsp3) is 0.367. The zero-order valence-corrected chi connectivity index (χ0v) is 24.7. The number of hydroxylamine groups is 2. The number of rotatable bonds is 6. The molecular formula is C30H28BrF3N4O5. The third kappa shape index (κ3) is 5.12. The minimum absolute atomic E-state index is 0.0286. The van der Waals surface area contributed by atoms with Crippen molar-refractivity contribution in [3.63, 3.8) is 0 Å². The number of nitrogens with two attached hydrogens (primary N) is 1. The van der Waals surface area contributed by atoms with Crippen molar-refractivity contribution in [3.8, 4) is 5.75 Å². The zero-order valence-electron chi connectivity index (χ0n) is 23.1. The molecule has 4 heterocycles. The van der Waals surface area contributed by atoms with E-state index in [4.69, 9.17) is 15.3 Å². The molecule has 3 aliphatic heterocycles. The lowest BCUT2D eigenvalue weighted by atomic mass is 9.85. The summed E-state index contributed by atoms with van der Waals surface area (Å²) in [6, 6.07) is 9.40. The summed E-state index contributed by atoms with van der Waals surface area (Å²) < 4.78 is 50.2. The molecule has 226 valence electrons. The second-order valence-corrected chi connectivity index (χ2v) is 12.2. The Morgan fingerprint density at radius 2 is 1.86 bits per heavy atom. The van der Waals surface area contributed by atoms with Gasteiger partial charge in [-0.15, -0.1) is 0 Å². The molecule has 0 saturated carbocycles. The average molecular weight is 661 g/mol. The lowest BCUT2D eigenvalue weighted by Crippen LogP contribution is -2.52. The van der Waals surface area contributed by atoms with Crippen LogP contribution in [-0.4, -0.2) is 49.5 Å². The number of nitrogens with zero attached hydrogens (tertiary/aromatic N) is 3. The van der Waals surface area contributed by atoms with Crippen molar-refractivity contribution in [2.45, 2.75) is 62.0 Å². The van der Waals surface area contributed by atoms with Crippen LogP contribution in [0.1, 0.15) is 64.2 Å². The molecule has 2 N–H and O–H groups in total. The number of hydrogen-bond donors (Lipinski definition) is 1. The van der Waals surface area contributed by atoms with Crippen LogP contribution in [-0.2, 0) is 18.0 Å². The van der Waals surface area contributed by atoms with Crippen molar-refractivity contribution in [2.75, 3.05) is 6.54 Å². The first-order valence-electron chi connectivity index (χ1n) is 13.8. The maximum Gasteiger partial charge on any atom is 0.274 e. The molecule has 2 amide bonds. The van der Waals surface area contributed by atoms with Crippen LogP contribution in [0, 0.1) is 17.5 Å². The highest BCUT2D eigenvalue weighted by molar-refractivity contribution is 9.09. The first kappa shape index (κ1) is 29.4. The minimum atomic E-state index is -1.04. The van der Waals surface area contributed by atoms with Gasteiger partial charge in [-0.3, -0.25) is 19.2 Å². The van der Waals surface area contributed by atoms with Gasteiger partial charge < -0.3 is 19.9 Å². The average Bonchev–Trinajstić information content (AvgIpc) is 3.22. The van der Waals surface area contributed by atoms with Crippen molar-refractivity contribution >= 4 is 27.7 Å². The summed E-state index contributed by atoms with van der Waals surface area (Å²) in [5, 5.41) is 1.39. The Kier molecular flexibility index (Phi) is 7.59. The lowest BCUT2D eigenvalue weighted by Gasteiger charge is -2.43. The number of amides is 2. The van der Waals surface area contributed by atoms with Crippen molar-refractivity contribution in [1.29, 1.82) is 0 Å². The number of ether oxygens (including phenoxy) is 1. The quantitative estimate of drug-likeness (QED) is 0.310. The highest BCUT2D eigenvalue weighted by Gasteiger charge is 2.56. The van der Waals surface area contributed by atoms with E-state index in [9.17, 15) is 27.6 Å². The Balaban J connectivity index is 1.44. The largest absolute Gasteiger partial charge is 0.483 e. The summed E-state index contributed by atoms with van der Waals surface area (Å²) in [6.07, 6.45) is 2.57. The summed E-state index contributed by atoms with van der Waals surface area (Å²) in [4.78, 5) is 47.5. The molecule has 2 fully saturated rings. The molecule has 2 bridgehead atoms. The molecule has 0 unspecified atom stereocenters.